The SMILES string of the molecule is CCN(CC)c1cc(Nc2ccccc2OC(C)C)nc(C)n1. The van der Waals surface area contributed by atoms with E-state index in [1.807, 2.05) is 51.1 Å². The van der Waals surface area contributed by atoms with E-state index in [4.69, 9.17) is 4.74 Å². The highest BCUT2D eigenvalue weighted by Crippen LogP contribution is 2.28. The number of para-hydroxylation sites is 2. The highest BCUT2D eigenvalue weighted by molar-refractivity contribution is 5.65. The Bertz CT molecular complexity index is 639. The summed E-state index contributed by atoms with van der Waals surface area (Å²) in [6.07, 6.45) is 0.122. The number of aryl methyl sites for hydroxylation is 1. The zero-order valence-electron chi connectivity index (χ0n) is 14.6. The summed E-state index contributed by atoms with van der Waals surface area (Å²) in [5.41, 5.74) is 0.907. The van der Waals surface area contributed by atoms with Crippen LogP contribution in [-0.4, -0.2) is 29.2 Å². The largest absolute Gasteiger partial charge is 0.489 e. The number of hydrogen-bond donors (Lipinski definition) is 1. The summed E-state index contributed by atoms with van der Waals surface area (Å²) in [4.78, 5) is 11.2. The molecular formula is C18H26N4O. The molecule has 2 rings (SSSR count). The van der Waals surface area contributed by atoms with Crippen molar-refractivity contribution in [1.29, 1.82) is 0 Å². The topological polar surface area (TPSA) is 50.3 Å². The molecule has 23 heavy (non-hydrogen) atoms. The highest BCUT2D eigenvalue weighted by Gasteiger charge is 2.10. The van der Waals surface area contributed by atoms with E-state index in [1.54, 1.807) is 0 Å². The Kier molecular flexibility index (Phi) is 5.79. The fourth-order valence-electron chi connectivity index (χ4n) is 2.39. The first-order valence-electron chi connectivity index (χ1n) is 8.16. The van der Waals surface area contributed by atoms with Gasteiger partial charge in [0.2, 0.25) is 0 Å². The normalized spacial score (nSPS) is 10.7. The van der Waals surface area contributed by atoms with Crippen molar-refractivity contribution in [3.63, 3.8) is 0 Å². The Balaban J connectivity index is 2.30. The number of ether oxygens (including phenoxy) is 1. The molecule has 124 valence electrons. The van der Waals surface area contributed by atoms with Gasteiger partial charge in [-0.2, -0.15) is 0 Å². The Morgan fingerprint density at radius 1 is 1.13 bits per heavy atom. The molecular weight excluding hydrogens is 288 g/mol. The van der Waals surface area contributed by atoms with Gasteiger partial charge in [-0.15, -0.1) is 0 Å². The van der Waals surface area contributed by atoms with Crippen LogP contribution in [0.25, 0.3) is 0 Å². The molecule has 0 bridgehead atoms. The van der Waals surface area contributed by atoms with Crippen molar-refractivity contribution < 1.29 is 4.74 Å². The molecule has 0 saturated heterocycles. The van der Waals surface area contributed by atoms with E-state index in [2.05, 4.69) is 34.0 Å². The number of anilines is 3. The molecule has 0 radical (unpaired) electrons. The van der Waals surface area contributed by atoms with Gasteiger partial charge in [-0.3, -0.25) is 0 Å². The maximum absolute atomic E-state index is 5.85. The summed E-state index contributed by atoms with van der Waals surface area (Å²) >= 11 is 0. The monoisotopic (exact) mass is 314 g/mol. The second-order valence-corrected chi connectivity index (χ2v) is 5.62. The summed E-state index contributed by atoms with van der Waals surface area (Å²) in [6.45, 7) is 12.0. The smallest absolute Gasteiger partial charge is 0.143 e. The number of hydrogen-bond acceptors (Lipinski definition) is 5. The van der Waals surface area contributed by atoms with Crippen molar-refractivity contribution in [2.45, 2.75) is 40.7 Å². The molecule has 0 saturated carbocycles. The lowest BCUT2D eigenvalue weighted by Gasteiger charge is -2.21. The number of nitrogens with one attached hydrogen (secondary N) is 1. The van der Waals surface area contributed by atoms with Crippen molar-refractivity contribution in [1.82, 2.24) is 9.97 Å². The molecule has 0 aliphatic carbocycles. The van der Waals surface area contributed by atoms with Crippen LogP contribution in [0.3, 0.4) is 0 Å². The first kappa shape index (κ1) is 17.1. The predicted molar refractivity (Wildman–Crippen MR) is 95.8 cm³/mol. The molecule has 1 N–H and O–H groups in total. The van der Waals surface area contributed by atoms with Crippen LogP contribution in [0, 0.1) is 6.92 Å². The van der Waals surface area contributed by atoms with Crippen molar-refractivity contribution in [2.75, 3.05) is 23.3 Å². The predicted octanol–water partition coefficient (Wildman–Crippen LogP) is 4.16. The summed E-state index contributed by atoms with van der Waals surface area (Å²) in [7, 11) is 0. The van der Waals surface area contributed by atoms with E-state index in [0.29, 0.717) is 0 Å². The van der Waals surface area contributed by atoms with Gasteiger partial charge in [0.05, 0.1) is 11.8 Å². The molecule has 0 spiro atoms. The van der Waals surface area contributed by atoms with Crippen LogP contribution in [-0.2, 0) is 0 Å². The molecule has 0 atom stereocenters. The average Bonchev–Trinajstić information content (AvgIpc) is 2.49. The zero-order chi connectivity index (χ0) is 16.8. The molecule has 0 aliphatic heterocycles. The third kappa shape index (κ3) is 4.58. The van der Waals surface area contributed by atoms with Crippen LogP contribution in [0.15, 0.2) is 30.3 Å². The first-order valence-corrected chi connectivity index (χ1v) is 8.16. The van der Waals surface area contributed by atoms with Crippen molar-refractivity contribution in [3.05, 3.63) is 36.2 Å². The summed E-state index contributed by atoms with van der Waals surface area (Å²) in [6, 6.07) is 9.88. The van der Waals surface area contributed by atoms with Gasteiger partial charge in [0.15, 0.2) is 0 Å². The molecule has 1 heterocycles. The fourth-order valence-corrected chi connectivity index (χ4v) is 2.39. The second-order valence-electron chi connectivity index (χ2n) is 5.62. The Morgan fingerprint density at radius 3 is 2.48 bits per heavy atom. The van der Waals surface area contributed by atoms with E-state index in [9.17, 15) is 0 Å². The molecule has 0 unspecified atom stereocenters. The number of nitrogens with zero attached hydrogens (tertiary/aromatic N) is 3. The average molecular weight is 314 g/mol. The van der Waals surface area contributed by atoms with Gasteiger partial charge in [-0.1, -0.05) is 12.1 Å². The van der Waals surface area contributed by atoms with Crippen LogP contribution < -0.4 is 15.0 Å². The summed E-state index contributed by atoms with van der Waals surface area (Å²) in [5, 5.41) is 3.36. The van der Waals surface area contributed by atoms with E-state index in [0.717, 1.165) is 42.0 Å². The molecule has 5 heteroatoms. The zero-order valence-corrected chi connectivity index (χ0v) is 14.6. The molecule has 0 fully saturated rings. The van der Waals surface area contributed by atoms with Crippen molar-refractivity contribution in [3.8, 4) is 5.75 Å². The van der Waals surface area contributed by atoms with E-state index in [1.165, 1.54) is 0 Å². The lowest BCUT2D eigenvalue weighted by atomic mass is 10.3. The van der Waals surface area contributed by atoms with Gasteiger partial charge in [-0.25, -0.2) is 9.97 Å². The van der Waals surface area contributed by atoms with Gasteiger partial charge < -0.3 is 15.0 Å². The fraction of sp³-hybridized carbons (Fsp3) is 0.444. The Hall–Kier alpha value is -2.30. The molecule has 1 aromatic heterocycles. The number of benzene rings is 1. The summed E-state index contributed by atoms with van der Waals surface area (Å²) < 4.78 is 5.85. The van der Waals surface area contributed by atoms with E-state index < -0.39 is 0 Å². The maximum Gasteiger partial charge on any atom is 0.143 e. The molecule has 1 aromatic carbocycles. The van der Waals surface area contributed by atoms with Gasteiger partial charge in [0.25, 0.3) is 0 Å². The van der Waals surface area contributed by atoms with Crippen molar-refractivity contribution in [2.24, 2.45) is 0 Å². The minimum absolute atomic E-state index is 0.122. The quantitative estimate of drug-likeness (QED) is 0.831. The van der Waals surface area contributed by atoms with Gasteiger partial charge in [-0.05, 0) is 46.8 Å². The first-order chi connectivity index (χ1) is 11.0. The molecule has 0 aliphatic rings. The minimum atomic E-state index is 0.122. The second kappa shape index (κ2) is 7.81. The lowest BCUT2D eigenvalue weighted by Crippen LogP contribution is -2.23. The number of rotatable bonds is 7. The highest BCUT2D eigenvalue weighted by atomic mass is 16.5. The van der Waals surface area contributed by atoms with Crippen LogP contribution in [0.2, 0.25) is 0 Å². The summed E-state index contributed by atoms with van der Waals surface area (Å²) in [5.74, 6) is 3.29. The van der Waals surface area contributed by atoms with Crippen LogP contribution >= 0.6 is 0 Å². The van der Waals surface area contributed by atoms with E-state index in [-0.39, 0.29) is 6.10 Å². The standard InChI is InChI=1S/C18H26N4O/c1-6-22(7-2)18-12-17(19-14(5)20-18)21-15-10-8-9-11-16(15)23-13(3)4/h8-13H,6-7H2,1-5H3,(H,19,20,21). The third-order valence-electron chi connectivity index (χ3n) is 3.42. The number of aromatic nitrogens is 2. The van der Waals surface area contributed by atoms with Crippen molar-refractivity contribution >= 4 is 17.3 Å². The Morgan fingerprint density at radius 2 is 1.83 bits per heavy atom. The van der Waals surface area contributed by atoms with Crippen LogP contribution in [0.1, 0.15) is 33.5 Å². The molecule has 0 amide bonds. The van der Waals surface area contributed by atoms with Crippen LogP contribution in [0.4, 0.5) is 17.3 Å². The molecule has 2 aromatic rings. The van der Waals surface area contributed by atoms with Gasteiger partial charge in [0.1, 0.15) is 23.2 Å². The van der Waals surface area contributed by atoms with Gasteiger partial charge >= 0.3 is 0 Å². The third-order valence-corrected chi connectivity index (χ3v) is 3.42. The Labute approximate surface area is 138 Å². The minimum Gasteiger partial charge on any atom is -0.489 e. The maximum atomic E-state index is 5.85. The van der Waals surface area contributed by atoms with Crippen LogP contribution in [0.5, 0.6) is 5.75 Å². The van der Waals surface area contributed by atoms with E-state index >= 15 is 0 Å². The van der Waals surface area contributed by atoms with Gasteiger partial charge in [0, 0.05) is 19.2 Å². The molecule has 5 nitrogen and oxygen atoms in total. The lowest BCUT2D eigenvalue weighted by molar-refractivity contribution is 0.244.